The lowest BCUT2D eigenvalue weighted by molar-refractivity contribution is 0.0145. The lowest BCUT2D eigenvalue weighted by Crippen LogP contribution is -2.48. The SMILES string of the molecule is CN(C)C1CC[C@H]2[C@@H]3CCc4cc(O)ccc4[C@H]3CC[C@]12C. The van der Waals surface area contributed by atoms with Crippen LogP contribution in [-0.2, 0) is 6.42 Å². The molecule has 2 heteroatoms. The molecule has 2 saturated carbocycles. The lowest BCUT2D eigenvalue weighted by Gasteiger charge is -2.52. The molecule has 0 heterocycles. The van der Waals surface area contributed by atoms with E-state index in [9.17, 15) is 5.11 Å². The number of benzene rings is 1. The van der Waals surface area contributed by atoms with Gasteiger partial charge in [0.25, 0.3) is 0 Å². The molecule has 4 rings (SSSR count). The van der Waals surface area contributed by atoms with Crippen LogP contribution in [0.15, 0.2) is 18.2 Å². The molecule has 22 heavy (non-hydrogen) atoms. The second-order valence-electron chi connectivity index (χ2n) is 8.40. The molecule has 0 aromatic heterocycles. The second-order valence-corrected chi connectivity index (χ2v) is 8.40. The molecule has 0 amide bonds. The minimum Gasteiger partial charge on any atom is -0.508 e. The third kappa shape index (κ3) is 1.96. The zero-order valence-electron chi connectivity index (χ0n) is 14.2. The Morgan fingerprint density at radius 3 is 2.73 bits per heavy atom. The van der Waals surface area contributed by atoms with Crippen LogP contribution in [0.5, 0.6) is 5.75 Å². The van der Waals surface area contributed by atoms with Crippen molar-refractivity contribution in [1.29, 1.82) is 0 Å². The lowest BCUT2D eigenvalue weighted by atomic mass is 9.55. The average Bonchev–Trinajstić information content (AvgIpc) is 2.84. The van der Waals surface area contributed by atoms with Crippen LogP contribution in [0.3, 0.4) is 0 Å². The first kappa shape index (κ1) is 14.6. The smallest absolute Gasteiger partial charge is 0.115 e. The van der Waals surface area contributed by atoms with Crippen LogP contribution in [0.1, 0.15) is 56.1 Å². The van der Waals surface area contributed by atoms with Crippen molar-refractivity contribution < 1.29 is 5.11 Å². The Kier molecular flexibility index (Phi) is 3.30. The van der Waals surface area contributed by atoms with Gasteiger partial charge in [-0.3, -0.25) is 0 Å². The monoisotopic (exact) mass is 299 g/mol. The van der Waals surface area contributed by atoms with E-state index >= 15 is 0 Å². The first-order chi connectivity index (χ1) is 10.5. The van der Waals surface area contributed by atoms with Gasteiger partial charge in [0.05, 0.1) is 0 Å². The summed E-state index contributed by atoms with van der Waals surface area (Å²) in [5.41, 5.74) is 3.47. The topological polar surface area (TPSA) is 23.5 Å². The number of aryl methyl sites for hydroxylation is 1. The molecule has 0 saturated heterocycles. The molecule has 1 aromatic carbocycles. The maximum Gasteiger partial charge on any atom is 0.115 e. The Bertz CT molecular complexity index is 581. The first-order valence-corrected chi connectivity index (χ1v) is 8.99. The van der Waals surface area contributed by atoms with Crippen molar-refractivity contribution in [3.63, 3.8) is 0 Å². The summed E-state index contributed by atoms with van der Waals surface area (Å²) in [6.45, 7) is 2.57. The van der Waals surface area contributed by atoms with Crippen molar-refractivity contribution in [2.45, 2.75) is 57.4 Å². The van der Waals surface area contributed by atoms with Gasteiger partial charge < -0.3 is 10.0 Å². The predicted octanol–water partition coefficient (Wildman–Crippen LogP) is 4.18. The largest absolute Gasteiger partial charge is 0.508 e. The van der Waals surface area contributed by atoms with Gasteiger partial charge in [0.2, 0.25) is 0 Å². The van der Waals surface area contributed by atoms with Crippen LogP contribution >= 0.6 is 0 Å². The van der Waals surface area contributed by atoms with Crippen molar-refractivity contribution in [2.24, 2.45) is 17.3 Å². The fraction of sp³-hybridized carbons (Fsp3) is 0.700. The standard InChI is InChI=1S/C20H29NO/c1-20-11-10-16-15-7-5-14(22)12-13(15)4-6-17(16)18(20)8-9-19(20)21(2)3/h5,7,12,16-19,22H,4,6,8-11H2,1-3H3/t16-,17-,18+,19?,20+/m1/s1. The maximum absolute atomic E-state index is 9.77. The van der Waals surface area contributed by atoms with Gasteiger partial charge in [0.1, 0.15) is 5.75 Å². The quantitative estimate of drug-likeness (QED) is 0.841. The molecule has 3 aliphatic rings. The minimum atomic E-state index is 0.436. The molecule has 2 fully saturated rings. The first-order valence-electron chi connectivity index (χ1n) is 8.99. The zero-order chi connectivity index (χ0) is 15.5. The van der Waals surface area contributed by atoms with Crippen LogP contribution in [0.4, 0.5) is 0 Å². The Balaban J connectivity index is 1.67. The highest BCUT2D eigenvalue weighted by Crippen LogP contribution is 2.61. The third-order valence-electron chi connectivity index (χ3n) is 7.28. The van der Waals surface area contributed by atoms with Gasteiger partial charge in [-0.25, -0.2) is 0 Å². The molecule has 0 bridgehead atoms. The van der Waals surface area contributed by atoms with Gasteiger partial charge >= 0.3 is 0 Å². The van der Waals surface area contributed by atoms with E-state index in [1.165, 1.54) is 37.7 Å². The van der Waals surface area contributed by atoms with E-state index in [1.54, 1.807) is 5.56 Å². The summed E-state index contributed by atoms with van der Waals surface area (Å²) < 4.78 is 0. The van der Waals surface area contributed by atoms with Crippen LogP contribution in [0.2, 0.25) is 0 Å². The predicted molar refractivity (Wildman–Crippen MR) is 90.2 cm³/mol. The van der Waals surface area contributed by atoms with Crippen LogP contribution < -0.4 is 0 Å². The van der Waals surface area contributed by atoms with E-state index in [4.69, 9.17) is 0 Å². The molecule has 0 aliphatic heterocycles. The Morgan fingerprint density at radius 2 is 1.95 bits per heavy atom. The Labute approximate surface area is 134 Å². The number of hydrogen-bond donors (Lipinski definition) is 1. The molecule has 2 nitrogen and oxygen atoms in total. The molecule has 0 spiro atoms. The summed E-state index contributed by atoms with van der Waals surface area (Å²) in [6, 6.07) is 6.88. The van der Waals surface area contributed by atoms with Gasteiger partial charge in [-0.05, 0) is 99.0 Å². The highest BCUT2D eigenvalue weighted by atomic mass is 16.3. The summed E-state index contributed by atoms with van der Waals surface area (Å²) in [5, 5.41) is 9.77. The van der Waals surface area contributed by atoms with Gasteiger partial charge in [0.15, 0.2) is 0 Å². The van der Waals surface area contributed by atoms with Gasteiger partial charge in [-0.15, -0.1) is 0 Å². The number of rotatable bonds is 1. The van der Waals surface area contributed by atoms with Gasteiger partial charge in [0, 0.05) is 6.04 Å². The summed E-state index contributed by atoms with van der Waals surface area (Å²) in [5.74, 6) is 2.93. The third-order valence-corrected chi connectivity index (χ3v) is 7.28. The average molecular weight is 299 g/mol. The number of fused-ring (bicyclic) bond motifs is 5. The molecule has 1 aromatic rings. The van der Waals surface area contributed by atoms with Crippen molar-refractivity contribution in [3.8, 4) is 5.75 Å². The van der Waals surface area contributed by atoms with Crippen LogP contribution in [0.25, 0.3) is 0 Å². The van der Waals surface area contributed by atoms with Crippen molar-refractivity contribution in [2.75, 3.05) is 14.1 Å². The van der Waals surface area contributed by atoms with E-state index in [2.05, 4.69) is 32.0 Å². The Hall–Kier alpha value is -1.02. The molecule has 3 aliphatic carbocycles. The Morgan fingerprint density at radius 1 is 1.14 bits per heavy atom. The van der Waals surface area contributed by atoms with Gasteiger partial charge in [-0.1, -0.05) is 13.0 Å². The van der Waals surface area contributed by atoms with Gasteiger partial charge in [-0.2, -0.15) is 0 Å². The fourth-order valence-corrected chi connectivity index (χ4v) is 6.39. The normalized spacial score (nSPS) is 40.2. The maximum atomic E-state index is 9.77. The van der Waals surface area contributed by atoms with Crippen molar-refractivity contribution in [3.05, 3.63) is 29.3 Å². The number of phenolic OH excluding ortho intramolecular Hbond substituents is 1. The highest BCUT2D eigenvalue weighted by Gasteiger charge is 2.55. The van der Waals surface area contributed by atoms with E-state index in [0.29, 0.717) is 11.2 Å². The number of phenols is 1. The summed E-state index contributed by atoms with van der Waals surface area (Å²) in [4.78, 5) is 2.48. The summed E-state index contributed by atoms with van der Waals surface area (Å²) in [7, 11) is 4.53. The van der Waals surface area contributed by atoms with E-state index < -0.39 is 0 Å². The van der Waals surface area contributed by atoms with Crippen molar-refractivity contribution >= 4 is 0 Å². The molecule has 0 radical (unpaired) electrons. The second kappa shape index (κ2) is 4.99. The molecule has 1 N–H and O–H groups in total. The summed E-state index contributed by atoms with van der Waals surface area (Å²) >= 11 is 0. The number of hydrogen-bond acceptors (Lipinski definition) is 2. The minimum absolute atomic E-state index is 0.436. The molecule has 1 unspecified atom stereocenters. The zero-order valence-corrected chi connectivity index (χ0v) is 14.2. The van der Waals surface area contributed by atoms with E-state index in [0.717, 1.165) is 30.2 Å². The fourth-order valence-electron chi connectivity index (χ4n) is 6.39. The highest BCUT2D eigenvalue weighted by molar-refractivity contribution is 5.40. The number of aromatic hydroxyl groups is 1. The molecule has 5 atom stereocenters. The van der Waals surface area contributed by atoms with Crippen molar-refractivity contribution in [1.82, 2.24) is 4.90 Å². The summed E-state index contributed by atoms with van der Waals surface area (Å²) in [6.07, 6.45) is 7.96. The van der Waals surface area contributed by atoms with E-state index in [1.807, 2.05) is 12.1 Å². The van der Waals surface area contributed by atoms with E-state index in [-0.39, 0.29) is 0 Å². The molecular weight excluding hydrogens is 270 g/mol. The molecule has 120 valence electrons. The molecular formula is C20H29NO. The van der Waals surface area contributed by atoms with Crippen LogP contribution in [-0.4, -0.2) is 30.1 Å². The number of nitrogens with zero attached hydrogens (tertiary/aromatic N) is 1. The van der Waals surface area contributed by atoms with Crippen LogP contribution in [0, 0.1) is 17.3 Å².